The first-order valence-corrected chi connectivity index (χ1v) is 9.27. The number of hydrogen-bond donors (Lipinski definition) is 4. The number of anilines is 1. The van der Waals surface area contributed by atoms with E-state index in [2.05, 4.69) is 47.8 Å². The normalized spacial score (nSPS) is 16.7. The van der Waals surface area contributed by atoms with Crippen molar-refractivity contribution in [2.24, 2.45) is 0 Å². The quantitative estimate of drug-likeness (QED) is 0.531. The number of rotatable bonds is 3. The highest BCUT2D eigenvalue weighted by Crippen LogP contribution is 2.34. The summed E-state index contributed by atoms with van der Waals surface area (Å²) in [5, 5.41) is 18.3. The number of phenols is 1. The van der Waals surface area contributed by atoms with Crippen LogP contribution in [0.1, 0.15) is 18.5 Å². The molecule has 0 bridgehead atoms. The summed E-state index contributed by atoms with van der Waals surface area (Å²) in [5.74, 6) is -0.385. The van der Waals surface area contributed by atoms with Crippen molar-refractivity contribution in [1.82, 2.24) is 10.6 Å². The molecule has 0 saturated heterocycles. The van der Waals surface area contributed by atoms with E-state index in [1.54, 1.807) is 31.2 Å². The lowest BCUT2D eigenvalue weighted by Gasteiger charge is -2.29. The number of halogens is 2. The Morgan fingerprint density at radius 1 is 1.12 bits per heavy atom. The molecule has 134 valence electrons. The maximum absolute atomic E-state index is 12.9. The minimum Gasteiger partial charge on any atom is -0.508 e. The summed E-state index contributed by atoms with van der Waals surface area (Å²) in [6, 6.07) is 10.8. The number of urea groups is 1. The fourth-order valence-corrected chi connectivity index (χ4v) is 3.36. The maximum Gasteiger partial charge on any atom is 0.319 e. The van der Waals surface area contributed by atoms with Gasteiger partial charge in [-0.2, -0.15) is 0 Å². The van der Waals surface area contributed by atoms with Gasteiger partial charge in [-0.15, -0.1) is 0 Å². The molecule has 0 radical (unpaired) electrons. The number of aromatic hydroxyl groups is 1. The summed E-state index contributed by atoms with van der Waals surface area (Å²) in [4.78, 5) is 24.8. The van der Waals surface area contributed by atoms with Crippen LogP contribution in [0.15, 0.2) is 62.7 Å². The number of amides is 3. The first-order valence-electron chi connectivity index (χ1n) is 7.69. The molecule has 3 rings (SSSR count). The molecule has 0 unspecified atom stereocenters. The summed E-state index contributed by atoms with van der Waals surface area (Å²) in [7, 11) is 0. The minimum absolute atomic E-state index is 0.0119. The molecule has 6 nitrogen and oxygen atoms in total. The Kier molecular flexibility index (Phi) is 5.33. The number of phenolic OH excluding ortho intramolecular Hbond substituents is 1. The van der Waals surface area contributed by atoms with Crippen LogP contribution in [0.4, 0.5) is 10.5 Å². The molecular weight excluding hydrogens is 466 g/mol. The van der Waals surface area contributed by atoms with Gasteiger partial charge in [0.15, 0.2) is 0 Å². The van der Waals surface area contributed by atoms with Gasteiger partial charge in [-0.1, -0.05) is 31.9 Å². The topological polar surface area (TPSA) is 90.5 Å². The third-order valence-corrected chi connectivity index (χ3v) is 4.94. The van der Waals surface area contributed by atoms with Crippen molar-refractivity contribution < 1.29 is 14.7 Å². The van der Waals surface area contributed by atoms with E-state index in [-0.39, 0.29) is 11.7 Å². The number of carbonyl (C=O) groups excluding carboxylic acids is 2. The molecule has 0 aromatic heterocycles. The number of nitrogens with one attached hydrogen (secondary N) is 3. The largest absolute Gasteiger partial charge is 0.508 e. The van der Waals surface area contributed by atoms with E-state index in [9.17, 15) is 14.7 Å². The van der Waals surface area contributed by atoms with Gasteiger partial charge in [0.05, 0.1) is 11.6 Å². The number of carbonyl (C=O) groups is 2. The van der Waals surface area contributed by atoms with Crippen LogP contribution >= 0.6 is 31.9 Å². The zero-order valence-corrected chi connectivity index (χ0v) is 16.8. The average molecular weight is 481 g/mol. The molecule has 2 aromatic carbocycles. The van der Waals surface area contributed by atoms with Crippen LogP contribution in [0, 0.1) is 0 Å². The van der Waals surface area contributed by atoms with Gasteiger partial charge in [0, 0.05) is 25.9 Å². The van der Waals surface area contributed by atoms with Crippen LogP contribution in [0.3, 0.4) is 0 Å². The van der Waals surface area contributed by atoms with Crippen LogP contribution in [-0.2, 0) is 4.79 Å². The molecule has 1 aliphatic heterocycles. The van der Waals surface area contributed by atoms with Gasteiger partial charge < -0.3 is 21.1 Å². The molecule has 1 heterocycles. The van der Waals surface area contributed by atoms with Gasteiger partial charge in [0.1, 0.15) is 5.75 Å². The lowest BCUT2D eigenvalue weighted by molar-refractivity contribution is -0.113. The van der Waals surface area contributed by atoms with Crippen molar-refractivity contribution in [3.05, 3.63) is 68.2 Å². The van der Waals surface area contributed by atoms with Gasteiger partial charge in [-0.05, 0) is 49.4 Å². The molecule has 0 saturated carbocycles. The number of benzene rings is 2. The Balaban J connectivity index is 1.98. The monoisotopic (exact) mass is 479 g/mol. The second kappa shape index (κ2) is 7.51. The predicted octanol–water partition coefficient (Wildman–Crippen LogP) is 4.18. The highest BCUT2D eigenvalue weighted by atomic mass is 79.9. The number of hydrogen-bond acceptors (Lipinski definition) is 3. The molecule has 2 aromatic rings. The molecule has 26 heavy (non-hydrogen) atoms. The molecule has 3 amide bonds. The van der Waals surface area contributed by atoms with Gasteiger partial charge in [0.2, 0.25) is 0 Å². The zero-order valence-electron chi connectivity index (χ0n) is 13.6. The van der Waals surface area contributed by atoms with Crippen molar-refractivity contribution in [2.75, 3.05) is 5.32 Å². The van der Waals surface area contributed by atoms with Gasteiger partial charge in [-0.3, -0.25) is 4.79 Å². The second-order valence-electron chi connectivity index (χ2n) is 5.73. The Labute approximate surface area is 166 Å². The fourth-order valence-electron chi connectivity index (χ4n) is 2.72. The Bertz CT molecular complexity index is 910. The summed E-state index contributed by atoms with van der Waals surface area (Å²) in [6.45, 7) is 1.65. The van der Waals surface area contributed by atoms with Crippen LogP contribution < -0.4 is 16.0 Å². The minimum atomic E-state index is -0.781. The van der Waals surface area contributed by atoms with E-state index in [1.165, 1.54) is 6.07 Å². The van der Waals surface area contributed by atoms with E-state index in [4.69, 9.17) is 0 Å². The number of allylic oxidation sites excluding steroid dienone is 1. The first kappa shape index (κ1) is 18.5. The predicted molar refractivity (Wildman–Crippen MR) is 106 cm³/mol. The smallest absolute Gasteiger partial charge is 0.319 e. The van der Waals surface area contributed by atoms with Crippen LogP contribution in [0.25, 0.3) is 0 Å². The van der Waals surface area contributed by atoms with Gasteiger partial charge in [0.25, 0.3) is 5.91 Å². The lowest BCUT2D eigenvalue weighted by atomic mass is 9.94. The van der Waals surface area contributed by atoms with E-state index in [0.29, 0.717) is 22.5 Å². The van der Waals surface area contributed by atoms with Crippen LogP contribution in [-0.4, -0.2) is 17.0 Å². The van der Waals surface area contributed by atoms with Crippen LogP contribution in [0.5, 0.6) is 5.75 Å². The summed E-state index contributed by atoms with van der Waals surface area (Å²) >= 11 is 6.70. The van der Waals surface area contributed by atoms with Crippen molar-refractivity contribution in [2.45, 2.75) is 13.0 Å². The SMILES string of the molecule is CC1=C(C(=O)Nc2ccc(Br)cc2)[C@H](c2cc(Br)ccc2O)NC(=O)N1. The summed E-state index contributed by atoms with van der Waals surface area (Å²) < 4.78 is 1.62. The fraction of sp³-hybridized carbons (Fsp3) is 0.111. The van der Waals surface area contributed by atoms with Gasteiger partial charge >= 0.3 is 6.03 Å². The standard InChI is InChI=1S/C18H15Br2N3O3/c1-9-15(17(25)22-12-5-2-10(19)3-6-12)16(23-18(26)21-9)13-8-11(20)4-7-14(13)24/h2-8,16,24H,1H3,(H,22,25)(H2,21,23,26)/t16-/m0/s1. The average Bonchev–Trinajstić information content (AvgIpc) is 2.58. The summed E-state index contributed by atoms with van der Waals surface area (Å²) in [5.41, 5.74) is 1.79. The molecule has 0 fully saturated rings. The molecule has 0 spiro atoms. The molecule has 8 heteroatoms. The van der Waals surface area contributed by atoms with Crippen molar-refractivity contribution in [3.63, 3.8) is 0 Å². The van der Waals surface area contributed by atoms with Gasteiger partial charge in [-0.25, -0.2) is 4.79 Å². The van der Waals surface area contributed by atoms with E-state index in [1.807, 2.05) is 12.1 Å². The lowest BCUT2D eigenvalue weighted by Crippen LogP contribution is -2.46. The van der Waals surface area contributed by atoms with E-state index >= 15 is 0 Å². The Hall–Kier alpha value is -2.32. The highest BCUT2D eigenvalue weighted by Gasteiger charge is 2.32. The van der Waals surface area contributed by atoms with E-state index in [0.717, 1.165) is 8.95 Å². The molecule has 0 aliphatic carbocycles. The Morgan fingerprint density at radius 3 is 2.46 bits per heavy atom. The van der Waals surface area contributed by atoms with Crippen molar-refractivity contribution in [3.8, 4) is 5.75 Å². The summed E-state index contributed by atoms with van der Waals surface area (Å²) in [6.07, 6.45) is 0. The Morgan fingerprint density at radius 2 is 1.77 bits per heavy atom. The second-order valence-corrected chi connectivity index (χ2v) is 7.57. The highest BCUT2D eigenvalue weighted by molar-refractivity contribution is 9.10. The van der Waals surface area contributed by atoms with Crippen LogP contribution in [0.2, 0.25) is 0 Å². The molecule has 1 atom stereocenters. The van der Waals surface area contributed by atoms with Crippen molar-refractivity contribution >= 4 is 49.5 Å². The zero-order chi connectivity index (χ0) is 18.8. The third-order valence-electron chi connectivity index (χ3n) is 3.92. The molecule has 4 N–H and O–H groups in total. The van der Waals surface area contributed by atoms with Crippen molar-refractivity contribution in [1.29, 1.82) is 0 Å². The maximum atomic E-state index is 12.9. The third kappa shape index (κ3) is 3.91. The molecular formula is C18H15Br2N3O3. The van der Waals surface area contributed by atoms with E-state index < -0.39 is 12.1 Å². The first-order chi connectivity index (χ1) is 12.3. The molecule has 1 aliphatic rings.